The van der Waals surface area contributed by atoms with Crippen LogP contribution in [0.3, 0.4) is 0 Å². The predicted molar refractivity (Wildman–Crippen MR) is 89.3 cm³/mol. The molecule has 1 aliphatic rings. The van der Waals surface area contributed by atoms with E-state index in [9.17, 15) is 9.18 Å². The Labute approximate surface area is 144 Å². The molecule has 4 nitrogen and oxygen atoms in total. The number of ether oxygens (including phenoxy) is 2. The highest BCUT2D eigenvalue weighted by Crippen LogP contribution is 2.47. The number of carbonyl (C=O) groups is 1. The van der Waals surface area contributed by atoms with Crippen molar-refractivity contribution in [3.8, 4) is 11.5 Å². The maximum absolute atomic E-state index is 13.9. The maximum Gasteiger partial charge on any atom is 0.256 e. The topological polar surface area (TPSA) is 47.6 Å². The molecule has 1 aliphatic carbocycles. The summed E-state index contributed by atoms with van der Waals surface area (Å²) in [6, 6.07) is 9.67. The highest BCUT2D eigenvalue weighted by molar-refractivity contribution is 6.33. The zero-order chi connectivity index (χ0) is 17.3. The molecule has 1 amide bonds. The molecule has 24 heavy (non-hydrogen) atoms. The minimum Gasteiger partial charge on any atom is -0.493 e. The van der Waals surface area contributed by atoms with Crippen LogP contribution < -0.4 is 14.8 Å². The molecule has 2 aromatic carbocycles. The average molecular weight is 350 g/mol. The predicted octanol–water partition coefficient (Wildman–Crippen LogP) is 3.92. The molecule has 0 radical (unpaired) electrons. The summed E-state index contributed by atoms with van der Waals surface area (Å²) in [6.07, 6.45) is 1.53. The number of methoxy groups -OCH3 is 2. The molecule has 3 rings (SSSR count). The molecule has 0 heterocycles. The molecule has 0 spiro atoms. The summed E-state index contributed by atoms with van der Waals surface area (Å²) in [6.45, 7) is 0. The monoisotopic (exact) mass is 349 g/mol. The smallest absolute Gasteiger partial charge is 0.256 e. The second kappa shape index (κ2) is 6.32. The van der Waals surface area contributed by atoms with E-state index < -0.39 is 17.3 Å². The number of hydrogen-bond donors (Lipinski definition) is 1. The van der Waals surface area contributed by atoms with Crippen molar-refractivity contribution in [1.29, 1.82) is 0 Å². The summed E-state index contributed by atoms with van der Waals surface area (Å²) in [4.78, 5) is 12.5. The van der Waals surface area contributed by atoms with Crippen molar-refractivity contribution in [2.75, 3.05) is 14.2 Å². The lowest BCUT2D eigenvalue weighted by Crippen LogP contribution is -2.35. The molecule has 0 saturated heterocycles. The second-order valence-electron chi connectivity index (χ2n) is 5.70. The molecule has 0 atom stereocenters. The lowest BCUT2D eigenvalue weighted by Gasteiger charge is -2.20. The van der Waals surface area contributed by atoms with Crippen LogP contribution in [0.4, 0.5) is 4.39 Å². The number of halogens is 2. The first-order valence-corrected chi connectivity index (χ1v) is 7.87. The van der Waals surface area contributed by atoms with E-state index in [1.165, 1.54) is 18.2 Å². The minimum atomic E-state index is -0.636. The van der Waals surface area contributed by atoms with Crippen LogP contribution >= 0.6 is 11.6 Å². The van der Waals surface area contributed by atoms with E-state index in [0.717, 1.165) is 18.4 Å². The standard InChI is InChI=1S/C18H17ClFNO3/c1-23-14-7-6-11(10-15(14)24-2)18(8-9-18)21-17(22)16-12(19)4-3-5-13(16)20/h3-7,10H,8-9H2,1-2H3,(H,21,22). The zero-order valence-corrected chi connectivity index (χ0v) is 14.1. The summed E-state index contributed by atoms with van der Waals surface area (Å²) in [5, 5.41) is 3.00. The maximum atomic E-state index is 13.9. The van der Waals surface area contributed by atoms with Gasteiger partial charge in [-0.2, -0.15) is 0 Å². The molecular weight excluding hydrogens is 333 g/mol. The molecule has 2 aromatic rings. The summed E-state index contributed by atoms with van der Waals surface area (Å²) >= 11 is 5.97. The lowest BCUT2D eigenvalue weighted by molar-refractivity contribution is 0.0927. The highest BCUT2D eigenvalue weighted by atomic mass is 35.5. The van der Waals surface area contributed by atoms with Gasteiger partial charge in [-0.25, -0.2) is 4.39 Å². The van der Waals surface area contributed by atoms with Crippen LogP contribution in [0, 0.1) is 5.82 Å². The average Bonchev–Trinajstić information content (AvgIpc) is 3.34. The van der Waals surface area contributed by atoms with Crippen LogP contribution in [0.15, 0.2) is 36.4 Å². The van der Waals surface area contributed by atoms with Gasteiger partial charge >= 0.3 is 0 Å². The van der Waals surface area contributed by atoms with Gasteiger partial charge in [-0.1, -0.05) is 23.7 Å². The first-order chi connectivity index (χ1) is 11.5. The Balaban J connectivity index is 1.89. The van der Waals surface area contributed by atoms with Crippen molar-refractivity contribution in [3.05, 3.63) is 58.4 Å². The van der Waals surface area contributed by atoms with Gasteiger partial charge in [0.25, 0.3) is 5.91 Å². The third-order valence-electron chi connectivity index (χ3n) is 4.23. The van der Waals surface area contributed by atoms with Crippen LogP contribution in [-0.2, 0) is 5.54 Å². The number of hydrogen-bond acceptors (Lipinski definition) is 3. The Kier molecular flexibility index (Phi) is 4.37. The largest absolute Gasteiger partial charge is 0.493 e. The summed E-state index contributed by atoms with van der Waals surface area (Å²) < 4.78 is 24.5. The lowest BCUT2D eigenvalue weighted by atomic mass is 10.0. The summed E-state index contributed by atoms with van der Waals surface area (Å²) in [7, 11) is 3.12. The highest BCUT2D eigenvalue weighted by Gasteiger charge is 2.46. The van der Waals surface area contributed by atoms with E-state index in [4.69, 9.17) is 21.1 Å². The van der Waals surface area contributed by atoms with E-state index in [1.54, 1.807) is 20.3 Å². The van der Waals surface area contributed by atoms with E-state index in [1.807, 2.05) is 12.1 Å². The molecule has 126 valence electrons. The number of carbonyl (C=O) groups excluding carboxylic acids is 1. The van der Waals surface area contributed by atoms with E-state index >= 15 is 0 Å². The van der Waals surface area contributed by atoms with E-state index in [2.05, 4.69) is 5.32 Å². The quantitative estimate of drug-likeness (QED) is 0.890. The number of nitrogens with one attached hydrogen (secondary N) is 1. The molecule has 1 saturated carbocycles. The van der Waals surface area contributed by atoms with Gasteiger partial charge in [-0.3, -0.25) is 4.79 Å². The molecule has 1 fully saturated rings. The Hall–Kier alpha value is -2.27. The third kappa shape index (κ3) is 2.91. The first kappa shape index (κ1) is 16.6. The SMILES string of the molecule is COc1ccc(C2(NC(=O)c3c(F)cccc3Cl)CC2)cc1OC. The minimum absolute atomic E-state index is 0.0932. The summed E-state index contributed by atoms with van der Waals surface area (Å²) in [5.41, 5.74) is 0.231. The van der Waals surface area contributed by atoms with Crippen molar-refractivity contribution in [2.24, 2.45) is 0 Å². The molecule has 1 N–H and O–H groups in total. The molecular formula is C18H17ClFNO3. The van der Waals surface area contributed by atoms with Crippen molar-refractivity contribution in [3.63, 3.8) is 0 Å². The zero-order valence-electron chi connectivity index (χ0n) is 13.4. The summed E-state index contributed by atoms with van der Waals surface area (Å²) in [5.74, 6) is 0.0356. The van der Waals surface area contributed by atoms with Crippen LogP contribution in [0.1, 0.15) is 28.8 Å². The van der Waals surface area contributed by atoms with Crippen LogP contribution in [0.5, 0.6) is 11.5 Å². The Morgan fingerprint density at radius 2 is 1.88 bits per heavy atom. The van der Waals surface area contributed by atoms with Crippen LogP contribution in [-0.4, -0.2) is 20.1 Å². The van der Waals surface area contributed by atoms with E-state index in [-0.39, 0.29) is 10.6 Å². The number of benzene rings is 2. The normalized spacial score (nSPS) is 14.8. The molecule has 0 aromatic heterocycles. The van der Waals surface area contributed by atoms with Gasteiger partial charge in [0, 0.05) is 0 Å². The Morgan fingerprint density at radius 1 is 1.17 bits per heavy atom. The third-order valence-corrected chi connectivity index (χ3v) is 4.54. The van der Waals surface area contributed by atoms with Gasteiger partial charge < -0.3 is 14.8 Å². The fourth-order valence-electron chi connectivity index (χ4n) is 2.74. The van der Waals surface area contributed by atoms with Gasteiger partial charge in [-0.15, -0.1) is 0 Å². The Bertz CT molecular complexity index is 770. The number of amides is 1. The Morgan fingerprint density at radius 3 is 2.46 bits per heavy atom. The first-order valence-electron chi connectivity index (χ1n) is 7.50. The van der Waals surface area contributed by atoms with Crippen molar-refractivity contribution >= 4 is 17.5 Å². The molecule has 6 heteroatoms. The van der Waals surface area contributed by atoms with Crippen molar-refractivity contribution in [1.82, 2.24) is 5.32 Å². The fourth-order valence-corrected chi connectivity index (χ4v) is 2.99. The molecule has 0 unspecified atom stereocenters. The van der Waals surface area contributed by atoms with Gasteiger partial charge in [0.05, 0.1) is 30.3 Å². The van der Waals surface area contributed by atoms with Crippen molar-refractivity contribution < 1.29 is 18.7 Å². The van der Waals surface area contributed by atoms with Gasteiger partial charge in [0.15, 0.2) is 11.5 Å². The van der Waals surface area contributed by atoms with Gasteiger partial charge in [0.1, 0.15) is 5.82 Å². The molecule has 0 aliphatic heterocycles. The van der Waals surface area contributed by atoms with Crippen LogP contribution in [0.25, 0.3) is 0 Å². The number of rotatable bonds is 5. The van der Waals surface area contributed by atoms with Gasteiger partial charge in [-0.05, 0) is 42.7 Å². The fraction of sp³-hybridized carbons (Fsp3) is 0.278. The molecule has 0 bridgehead atoms. The van der Waals surface area contributed by atoms with Crippen LogP contribution in [0.2, 0.25) is 5.02 Å². The second-order valence-corrected chi connectivity index (χ2v) is 6.11. The van der Waals surface area contributed by atoms with Gasteiger partial charge in [0.2, 0.25) is 0 Å². The van der Waals surface area contributed by atoms with Crippen molar-refractivity contribution in [2.45, 2.75) is 18.4 Å². The van der Waals surface area contributed by atoms with E-state index in [0.29, 0.717) is 11.5 Å².